The summed E-state index contributed by atoms with van der Waals surface area (Å²) in [5, 5.41) is 3.39. The van der Waals surface area contributed by atoms with Gasteiger partial charge in [-0.15, -0.1) is 0 Å². The Kier molecular flexibility index (Phi) is 4.97. The average molecular weight is 317 g/mol. The number of hydrogen-bond acceptors (Lipinski definition) is 3. The van der Waals surface area contributed by atoms with E-state index in [4.69, 9.17) is 10.5 Å². The molecule has 1 unspecified atom stereocenters. The van der Waals surface area contributed by atoms with E-state index in [1.165, 1.54) is 6.07 Å². The first-order chi connectivity index (χ1) is 8.70. The lowest BCUT2D eigenvalue weighted by molar-refractivity contribution is 0.0613. The van der Waals surface area contributed by atoms with E-state index < -0.39 is 0 Å². The van der Waals surface area contributed by atoms with Crippen molar-refractivity contribution in [2.75, 3.05) is 25.1 Å². The minimum absolute atomic E-state index is 0.214. The zero-order chi connectivity index (χ0) is 13.0. The molecular weight excluding hydrogens is 299 g/mol. The summed E-state index contributed by atoms with van der Waals surface area (Å²) in [5.74, 6) is 0.267. The zero-order valence-electron chi connectivity index (χ0n) is 10.2. The summed E-state index contributed by atoms with van der Waals surface area (Å²) in [4.78, 5) is 0. The molecule has 5 heteroatoms. The molecule has 1 atom stereocenters. The number of rotatable bonds is 4. The number of anilines is 1. The van der Waals surface area contributed by atoms with Gasteiger partial charge in [-0.2, -0.15) is 0 Å². The molecule has 1 aromatic carbocycles. The number of nitrogens with two attached hydrogens (primary N) is 1. The van der Waals surface area contributed by atoms with Gasteiger partial charge in [0.25, 0.3) is 0 Å². The van der Waals surface area contributed by atoms with Gasteiger partial charge in [0.1, 0.15) is 5.82 Å². The Morgan fingerprint density at radius 1 is 1.44 bits per heavy atom. The van der Waals surface area contributed by atoms with E-state index in [1.807, 2.05) is 0 Å². The maximum atomic E-state index is 13.2. The van der Waals surface area contributed by atoms with Gasteiger partial charge >= 0.3 is 0 Å². The van der Waals surface area contributed by atoms with Crippen LogP contribution >= 0.6 is 15.9 Å². The van der Waals surface area contributed by atoms with Crippen LogP contribution in [0.1, 0.15) is 12.8 Å². The highest BCUT2D eigenvalue weighted by Crippen LogP contribution is 2.24. The summed E-state index contributed by atoms with van der Waals surface area (Å²) in [6, 6.07) is 5.15. The van der Waals surface area contributed by atoms with Crippen molar-refractivity contribution < 1.29 is 9.13 Å². The van der Waals surface area contributed by atoms with Crippen molar-refractivity contribution in [1.82, 2.24) is 0 Å². The normalized spacial score (nSPS) is 18.6. The van der Waals surface area contributed by atoms with Gasteiger partial charge in [-0.25, -0.2) is 4.39 Å². The molecule has 3 N–H and O–H groups in total. The molecule has 100 valence electrons. The summed E-state index contributed by atoms with van der Waals surface area (Å²) < 4.78 is 19.0. The van der Waals surface area contributed by atoms with Gasteiger partial charge in [0, 0.05) is 31.5 Å². The minimum atomic E-state index is -0.254. The smallest absolute Gasteiger partial charge is 0.137 e. The van der Waals surface area contributed by atoms with Crippen molar-refractivity contribution >= 4 is 21.6 Å². The predicted octanol–water partition coefficient (Wildman–Crippen LogP) is 2.75. The highest BCUT2D eigenvalue weighted by Gasteiger charge is 2.22. The number of nitrogens with one attached hydrogen (secondary N) is 1. The quantitative estimate of drug-likeness (QED) is 0.898. The molecule has 1 saturated heterocycles. The third kappa shape index (κ3) is 3.43. The van der Waals surface area contributed by atoms with Gasteiger partial charge < -0.3 is 15.8 Å². The molecule has 1 aliphatic heterocycles. The molecule has 1 heterocycles. The van der Waals surface area contributed by atoms with E-state index >= 15 is 0 Å². The van der Waals surface area contributed by atoms with Gasteiger partial charge in [-0.1, -0.05) is 0 Å². The van der Waals surface area contributed by atoms with Crippen LogP contribution in [0.3, 0.4) is 0 Å². The lowest BCUT2D eigenvalue weighted by atomic mass is 9.91. The molecule has 1 aliphatic rings. The largest absolute Gasteiger partial charge is 0.381 e. The standard InChI is InChI=1S/C13H18BrFN2O/c14-11-7-10(1-2-12(11)15)17-13(8-16)9-3-5-18-6-4-9/h1-2,7,9,13,17H,3-6,8,16H2. The second-order valence-corrected chi connectivity index (χ2v) is 5.42. The number of hydrogen-bond donors (Lipinski definition) is 2. The van der Waals surface area contributed by atoms with Crippen molar-refractivity contribution in [3.8, 4) is 0 Å². The first-order valence-electron chi connectivity index (χ1n) is 6.20. The molecule has 0 saturated carbocycles. The van der Waals surface area contributed by atoms with Crippen LogP contribution < -0.4 is 11.1 Å². The second-order valence-electron chi connectivity index (χ2n) is 4.57. The fraction of sp³-hybridized carbons (Fsp3) is 0.538. The minimum Gasteiger partial charge on any atom is -0.381 e. The molecule has 0 spiro atoms. The van der Waals surface area contributed by atoms with Crippen LogP contribution in [0.15, 0.2) is 22.7 Å². The molecule has 0 amide bonds. The van der Waals surface area contributed by atoms with Crippen LogP contribution in [0.25, 0.3) is 0 Å². The molecule has 1 fully saturated rings. The lowest BCUT2D eigenvalue weighted by Gasteiger charge is -2.30. The van der Waals surface area contributed by atoms with Crippen LogP contribution in [0.4, 0.5) is 10.1 Å². The van der Waals surface area contributed by atoms with Crippen LogP contribution in [0.5, 0.6) is 0 Å². The number of ether oxygens (including phenoxy) is 1. The number of halogens is 2. The SMILES string of the molecule is NCC(Nc1ccc(F)c(Br)c1)C1CCOCC1. The molecule has 18 heavy (non-hydrogen) atoms. The van der Waals surface area contributed by atoms with Crippen LogP contribution in [-0.2, 0) is 4.74 Å². The van der Waals surface area contributed by atoms with Crippen molar-refractivity contribution in [1.29, 1.82) is 0 Å². The highest BCUT2D eigenvalue weighted by atomic mass is 79.9. The van der Waals surface area contributed by atoms with E-state index in [0.29, 0.717) is 16.9 Å². The van der Waals surface area contributed by atoms with Crippen molar-refractivity contribution in [2.45, 2.75) is 18.9 Å². The Balaban J connectivity index is 2.02. The maximum Gasteiger partial charge on any atom is 0.137 e. The third-order valence-electron chi connectivity index (χ3n) is 3.36. The first-order valence-corrected chi connectivity index (χ1v) is 6.99. The molecule has 0 bridgehead atoms. The number of benzene rings is 1. The van der Waals surface area contributed by atoms with E-state index in [1.54, 1.807) is 12.1 Å². The van der Waals surface area contributed by atoms with Gasteiger partial charge in [0.15, 0.2) is 0 Å². The van der Waals surface area contributed by atoms with Crippen LogP contribution in [-0.4, -0.2) is 25.8 Å². The Hall–Kier alpha value is -0.650. The van der Waals surface area contributed by atoms with Crippen LogP contribution in [0.2, 0.25) is 0 Å². The highest BCUT2D eigenvalue weighted by molar-refractivity contribution is 9.10. The zero-order valence-corrected chi connectivity index (χ0v) is 11.7. The Labute approximate surface area is 115 Å². The molecule has 0 radical (unpaired) electrons. The van der Waals surface area contributed by atoms with Gasteiger partial charge in [-0.05, 0) is 52.9 Å². The van der Waals surface area contributed by atoms with Crippen molar-refractivity contribution in [3.05, 3.63) is 28.5 Å². The van der Waals surface area contributed by atoms with Crippen molar-refractivity contribution in [2.24, 2.45) is 11.7 Å². The summed E-state index contributed by atoms with van der Waals surface area (Å²) in [7, 11) is 0. The van der Waals surface area contributed by atoms with E-state index in [0.717, 1.165) is 31.7 Å². The van der Waals surface area contributed by atoms with E-state index in [-0.39, 0.29) is 11.9 Å². The second kappa shape index (κ2) is 6.50. The Morgan fingerprint density at radius 2 is 2.17 bits per heavy atom. The fourth-order valence-corrected chi connectivity index (χ4v) is 2.67. The summed E-state index contributed by atoms with van der Waals surface area (Å²) in [6.45, 7) is 2.17. The van der Waals surface area contributed by atoms with Crippen molar-refractivity contribution in [3.63, 3.8) is 0 Å². The monoisotopic (exact) mass is 316 g/mol. The average Bonchev–Trinajstić information content (AvgIpc) is 2.41. The topological polar surface area (TPSA) is 47.3 Å². The van der Waals surface area contributed by atoms with Crippen LogP contribution in [0, 0.1) is 11.7 Å². The fourth-order valence-electron chi connectivity index (χ4n) is 2.29. The molecule has 2 rings (SSSR count). The van der Waals surface area contributed by atoms with Gasteiger partial charge in [0.05, 0.1) is 4.47 Å². The molecule has 3 nitrogen and oxygen atoms in total. The molecular formula is C13H18BrFN2O. The van der Waals surface area contributed by atoms with E-state index in [2.05, 4.69) is 21.2 Å². The molecule has 1 aromatic rings. The molecule has 0 aliphatic carbocycles. The summed E-state index contributed by atoms with van der Waals surface area (Å²) in [6.07, 6.45) is 2.05. The summed E-state index contributed by atoms with van der Waals surface area (Å²) >= 11 is 3.19. The molecule has 0 aromatic heterocycles. The Morgan fingerprint density at radius 3 is 2.78 bits per heavy atom. The predicted molar refractivity (Wildman–Crippen MR) is 74.1 cm³/mol. The summed E-state index contributed by atoms with van der Waals surface area (Å²) in [5.41, 5.74) is 6.72. The third-order valence-corrected chi connectivity index (χ3v) is 3.97. The maximum absolute atomic E-state index is 13.2. The lowest BCUT2D eigenvalue weighted by Crippen LogP contribution is -2.39. The van der Waals surface area contributed by atoms with E-state index in [9.17, 15) is 4.39 Å². The Bertz CT molecular complexity index is 397. The first kappa shape index (κ1) is 13.8. The van der Waals surface area contributed by atoms with Gasteiger partial charge in [0.2, 0.25) is 0 Å². The van der Waals surface area contributed by atoms with Gasteiger partial charge in [-0.3, -0.25) is 0 Å².